The summed E-state index contributed by atoms with van der Waals surface area (Å²) in [6.07, 6.45) is 2.16. The van der Waals surface area contributed by atoms with Crippen LogP contribution < -0.4 is 5.32 Å². The maximum atomic E-state index is 11.3. The van der Waals surface area contributed by atoms with Crippen LogP contribution in [0.3, 0.4) is 0 Å². The predicted molar refractivity (Wildman–Crippen MR) is 48.7 cm³/mol. The normalized spacial score (nSPS) is 9.21. The van der Waals surface area contributed by atoms with E-state index >= 15 is 0 Å². The van der Waals surface area contributed by atoms with E-state index in [1.165, 1.54) is 6.20 Å². The fraction of sp³-hybridized carbons (Fsp3) is 0.222. The van der Waals surface area contributed by atoms with Crippen molar-refractivity contribution in [1.82, 2.24) is 10.3 Å². The van der Waals surface area contributed by atoms with Gasteiger partial charge in [-0.05, 0) is 19.1 Å². The molecule has 0 aliphatic rings. The number of ether oxygens (including phenoxy) is 1. The molecule has 1 aromatic rings. The lowest BCUT2D eigenvalue weighted by Crippen LogP contribution is -2.31. The highest BCUT2D eigenvalue weighted by Gasteiger charge is 2.09. The van der Waals surface area contributed by atoms with Gasteiger partial charge >= 0.3 is 6.09 Å². The Labute approximate surface area is 81.1 Å². The average Bonchev–Trinajstić information content (AvgIpc) is 2.19. The number of hydrogen-bond donors (Lipinski definition) is 1. The lowest BCUT2D eigenvalue weighted by molar-refractivity contribution is 0.0924. The minimum atomic E-state index is -0.749. The first-order chi connectivity index (χ1) is 6.74. The lowest BCUT2D eigenvalue weighted by atomic mass is 10.3. The van der Waals surface area contributed by atoms with Crippen molar-refractivity contribution in [2.24, 2.45) is 0 Å². The van der Waals surface area contributed by atoms with Gasteiger partial charge in [0, 0.05) is 12.4 Å². The number of pyridine rings is 1. The van der Waals surface area contributed by atoms with Crippen molar-refractivity contribution < 1.29 is 14.3 Å². The van der Waals surface area contributed by atoms with Crippen LogP contribution in [0.4, 0.5) is 4.79 Å². The molecular formula is C9H10N2O3. The standard InChI is InChI=1S/C9H10N2O3/c1-2-14-9(13)11-8(12)7-4-3-5-10-6-7/h3-6H,2H2,1H3,(H,11,12,13). The zero-order valence-corrected chi connectivity index (χ0v) is 7.69. The highest BCUT2D eigenvalue weighted by molar-refractivity contribution is 6.02. The van der Waals surface area contributed by atoms with Gasteiger partial charge in [0.2, 0.25) is 0 Å². The van der Waals surface area contributed by atoms with Crippen LogP contribution in [-0.2, 0) is 4.74 Å². The number of nitrogens with one attached hydrogen (secondary N) is 1. The van der Waals surface area contributed by atoms with Gasteiger partial charge in [-0.1, -0.05) is 0 Å². The molecule has 1 heterocycles. The number of hydrogen-bond acceptors (Lipinski definition) is 4. The molecule has 14 heavy (non-hydrogen) atoms. The first-order valence-corrected chi connectivity index (χ1v) is 4.12. The summed E-state index contributed by atoms with van der Waals surface area (Å²) < 4.78 is 4.54. The Bertz CT molecular complexity index is 324. The van der Waals surface area contributed by atoms with Gasteiger partial charge in [0.05, 0.1) is 12.2 Å². The Morgan fingerprint density at radius 3 is 2.93 bits per heavy atom. The van der Waals surface area contributed by atoms with E-state index in [-0.39, 0.29) is 6.61 Å². The molecule has 5 heteroatoms. The molecule has 0 bridgehead atoms. The van der Waals surface area contributed by atoms with Crippen LogP contribution in [0.5, 0.6) is 0 Å². The second-order valence-electron chi connectivity index (χ2n) is 2.42. The summed E-state index contributed by atoms with van der Waals surface area (Å²) in [6, 6.07) is 3.17. The van der Waals surface area contributed by atoms with Crippen molar-refractivity contribution in [2.45, 2.75) is 6.92 Å². The molecule has 5 nitrogen and oxygen atoms in total. The van der Waals surface area contributed by atoms with E-state index in [9.17, 15) is 9.59 Å². The Hall–Kier alpha value is -1.91. The van der Waals surface area contributed by atoms with E-state index in [0.717, 1.165) is 0 Å². The second kappa shape index (κ2) is 4.96. The van der Waals surface area contributed by atoms with E-state index in [1.54, 1.807) is 25.3 Å². The predicted octanol–water partition coefficient (Wildman–Crippen LogP) is 0.968. The van der Waals surface area contributed by atoms with Gasteiger partial charge in [-0.15, -0.1) is 0 Å². The molecule has 1 N–H and O–H groups in total. The maximum Gasteiger partial charge on any atom is 0.414 e. The molecule has 1 aromatic heterocycles. The Morgan fingerprint density at radius 2 is 2.36 bits per heavy atom. The van der Waals surface area contributed by atoms with E-state index < -0.39 is 12.0 Å². The molecule has 74 valence electrons. The molecule has 1 rings (SSSR count). The number of rotatable bonds is 2. The third-order valence-electron chi connectivity index (χ3n) is 1.41. The molecule has 0 aromatic carbocycles. The van der Waals surface area contributed by atoms with Crippen molar-refractivity contribution in [1.29, 1.82) is 0 Å². The van der Waals surface area contributed by atoms with E-state index in [0.29, 0.717) is 5.56 Å². The fourth-order valence-electron chi connectivity index (χ4n) is 0.829. The molecule has 2 amide bonds. The number of aromatic nitrogens is 1. The zero-order valence-electron chi connectivity index (χ0n) is 7.69. The second-order valence-corrected chi connectivity index (χ2v) is 2.42. The van der Waals surface area contributed by atoms with Crippen LogP contribution in [-0.4, -0.2) is 23.6 Å². The maximum absolute atomic E-state index is 11.3. The number of amides is 2. The smallest absolute Gasteiger partial charge is 0.414 e. The molecule has 0 aliphatic heterocycles. The molecular weight excluding hydrogens is 184 g/mol. The first kappa shape index (κ1) is 10.2. The van der Waals surface area contributed by atoms with Gasteiger partial charge in [0.15, 0.2) is 0 Å². The molecule has 0 saturated carbocycles. The summed E-state index contributed by atoms with van der Waals surface area (Å²) in [6.45, 7) is 1.89. The van der Waals surface area contributed by atoms with Crippen LogP contribution in [0.25, 0.3) is 0 Å². The summed E-state index contributed by atoms with van der Waals surface area (Å²) in [4.78, 5) is 25.9. The van der Waals surface area contributed by atoms with Crippen LogP contribution in [0, 0.1) is 0 Å². The van der Waals surface area contributed by atoms with Crippen LogP contribution in [0.1, 0.15) is 17.3 Å². The molecule has 0 fully saturated rings. The molecule has 0 atom stereocenters. The summed E-state index contributed by atoms with van der Waals surface area (Å²) >= 11 is 0. The van der Waals surface area contributed by atoms with Crippen LogP contribution in [0.2, 0.25) is 0 Å². The zero-order chi connectivity index (χ0) is 10.4. The monoisotopic (exact) mass is 194 g/mol. The van der Waals surface area contributed by atoms with Gasteiger partial charge in [-0.2, -0.15) is 0 Å². The van der Waals surface area contributed by atoms with Gasteiger partial charge in [0.25, 0.3) is 5.91 Å². The first-order valence-electron chi connectivity index (χ1n) is 4.12. The lowest BCUT2D eigenvalue weighted by Gasteiger charge is -2.02. The van der Waals surface area contributed by atoms with E-state index in [1.807, 2.05) is 0 Å². The minimum absolute atomic E-state index is 0.228. The molecule has 0 radical (unpaired) electrons. The van der Waals surface area contributed by atoms with Crippen molar-refractivity contribution in [3.05, 3.63) is 30.1 Å². The number of carbonyl (C=O) groups is 2. The highest BCUT2D eigenvalue weighted by Crippen LogP contribution is 1.94. The number of carbonyl (C=O) groups excluding carboxylic acids is 2. The topological polar surface area (TPSA) is 68.3 Å². The van der Waals surface area contributed by atoms with Gasteiger partial charge in [-0.25, -0.2) is 4.79 Å². The minimum Gasteiger partial charge on any atom is -0.450 e. The van der Waals surface area contributed by atoms with Crippen molar-refractivity contribution in [3.63, 3.8) is 0 Å². The number of nitrogens with zero attached hydrogens (tertiary/aromatic N) is 1. The average molecular weight is 194 g/mol. The SMILES string of the molecule is CCOC(=O)NC(=O)c1cccnc1. The van der Waals surface area contributed by atoms with Crippen molar-refractivity contribution >= 4 is 12.0 Å². The Balaban J connectivity index is 2.55. The molecule has 0 aliphatic carbocycles. The summed E-state index contributed by atoms with van der Waals surface area (Å²) in [5.41, 5.74) is 0.320. The summed E-state index contributed by atoms with van der Waals surface area (Å²) in [7, 11) is 0. The third kappa shape index (κ3) is 2.85. The Kier molecular flexibility index (Phi) is 3.60. The molecule has 0 spiro atoms. The molecule has 0 saturated heterocycles. The van der Waals surface area contributed by atoms with E-state index in [2.05, 4.69) is 15.0 Å². The summed E-state index contributed by atoms with van der Waals surface area (Å²) in [5, 5.41) is 2.06. The van der Waals surface area contributed by atoms with Gasteiger partial charge < -0.3 is 4.74 Å². The van der Waals surface area contributed by atoms with Crippen LogP contribution >= 0.6 is 0 Å². The van der Waals surface area contributed by atoms with Crippen molar-refractivity contribution in [3.8, 4) is 0 Å². The van der Waals surface area contributed by atoms with Crippen LogP contribution in [0.15, 0.2) is 24.5 Å². The van der Waals surface area contributed by atoms with Crippen molar-refractivity contribution in [2.75, 3.05) is 6.61 Å². The van der Waals surface area contributed by atoms with Gasteiger partial charge in [0.1, 0.15) is 0 Å². The number of alkyl carbamates (subject to hydrolysis) is 1. The number of imide groups is 1. The largest absolute Gasteiger partial charge is 0.450 e. The highest BCUT2D eigenvalue weighted by atomic mass is 16.5. The fourth-order valence-corrected chi connectivity index (χ4v) is 0.829. The molecule has 0 unspecified atom stereocenters. The quantitative estimate of drug-likeness (QED) is 0.761. The van der Waals surface area contributed by atoms with E-state index in [4.69, 9.17) is 0 Å². The Morgan fingerprint density at radius 1 is 1.57 bits per heavy atom. The third-order valence-corrected chi connectivity index (χ3v) is 1.41. The summed E-state index contributed by atoms with van der Waals surface area (Å²) in [5.74, 6) is -0.517. The van der Waals surface area contributed by atoms with Gasteiger partial charge in [-0.3, -0.25) is 15.1 Å².